The predicted molar refractivity (Wildman–Crippen MR) is 74.6 cm³/mol. The van der Waals surface area contributed by atoms with Crippen LogP contribution >= 0.6 is 0 Å². The first-order chi connectivity index (χ1) is 10.3. The minimum Gasteiger partial charge on any atom is -0.481 e. The van der Waals surface area contributed by atoms with Gasteiger partial charge in [0.15, 0.2) is 0 Å². The van der Waals surface area contributed by atoms with E-state index in [1.165, 1.54) is 12.1 Å². The second kappa shape index (κ2) is 4.87. The van der Waals surface area contributed by atoms with Crippen LogP contribution in [0.5, 0.6) is 0 Å². The van der Waals surface area contributed by atoms with E-state index in [-0.39, 0.29) is 0 Å². The zero-order valence-electron chi connectivity index (χ0n) is 11.5. The van der Waals surface area contributed by atoms with Gasteiger partial charge in [-0.15, -0.1) is 0 Å². The number of fused-ring (bicyclic) bond motifs is 1. The SMILES string of the molecule is O=C(O)C1(c2ccc(C(F)(F)F)cc2)Cc2ccccc2C1. The lowest BCUT2D eigenvalue weighted by Gasteiger charge is -2.25. The molecule has 1 N–H and O–H groups in total. The van der Waals surface area contributed by atoms with Crippen LogP contribution in [0.2, 0.25) is 0 Å². The third-order valence-corrected chi connectivity index (χ3v) is 4.28. The van der Waals surface area contributed by atoms with E-state index in [0.29, 0.717) is 18.4 Å². The van der Waals surface area contributed by atoms with E-state index in [4.69, 9.17) is 0 Å². The Morgan fingerprint density at radius 1 is 0.955 bits per heavy atom. The molecular formula is C17H13F3O2. The Morgan fingerprint density at radius 2 is 1.45 bits per heavy atom. The Kier molecular flexibility index (Phi) is 3.24. The molecule has 0 saturated heterocycles. The van der Waals surface area contributed by atoms with Crippen molar-refractivity contribution >= 4 is 5.97 Å². The minimum absolute atomic E-state index is 0.296. The molecule has 22 heavy (non-hydrogen) atoms. The summed E-state index contributed by atoms with van der Waals surface area (Å²) in [6.07, 6.45) is -3.83. The van der Waals surface area contributed by atoms with Gasteiger partial charge in [-0.05, 0) is 41.7 Å². The number of hydrogen-bond acceptors (Lipinski definition) is 1. The molecule has 0 saturated carbocycles. The molecule has 3 rings (SSSR count). The fraction of sp³-hybridized carbons (Fsp3) is 0.235. The van der Waals surface area contributed by atoms with E-state index in [1.807, 2.05) is 24.3 Å². The number of rotatable bonds is 2. The van der Waals surface area contributed by atoms with E-state index < -0.39 is 23.1 Å². The van der Waals surface area contributed by atoms with Gasteiger partial charge >= 0.3 is 12.1 Å². The Hall–Kier alpha value is -2.30. The number of hydrogen-bond donors (Lipinski definition) is 1. The van der Waals surface area contributed by atoms with Crippen molar-refractivity contribution in [2.24, 2.45) is 0 Å². The van der Waals surface area contributed by atoms with E-state index in [9.17, 15) is 23.1 Å². The highest BCUT2D eigenvalue weighted by Crippen LogP contribution is 2.41. The molecule has 0 aliphatic heterocycles. The molecule has 0 atom stereocenters. The van der Waals surface area contributed by atoms with Gasteiger partial charge in [0.1, 0.15) is 5.41 Å². The minimum atomic E-state index is -4.42. The molecule has 0 heterocycles. The molecule has 114 valence electrons. The van der Waals surface area contributed by atoms with Gasteiger partial charge in [-0.3, -0.25) is 4.79 Å². The highest BCUT2D eigenvalue weighted by molar-refractivity contribution is 5.84. The summed E-state index contributed by atoms with van der Waals surface area (Å²) in [6, 6.07) is 11.9. The quantitative estimate of drug-likeness (QED) is 0.915. The van der Waals surface area contributed by atoms with Crippen LogP contribution in [-0.4, -0.2) is 11.1 Å². The summed E-state index contributed by atoms with van der Waals surface area (Å²) >= 11 is 0. The molecule has 2 aromatic rings. The standard InChI is InChI=1S/C17H13F3O2/c18-17(19,20)14-7-5-13(6-8-14)16(15(21)22)9-11-3-1-2-4-12(11)10-16/h1-8H,9-10H2,(H,21,22). The van der Waals surface area contributed by atoms with Crippen molar-refractivity contribution in [3.05, 3.63) is 70.8 Å². The highest BCUT2D eigenvalue weighted by atomic mass is 19.4. The summed E-state index contributed by atoms with van der Waals surface area (Å²) in [5, 5.41) is 9.70. The van der Waals surface area contributed by atoms with Crippen LogP contribution in [0, 0.1) is 0 Å². The molecular weight excluding hydrogens is 293 g/mol. The number of aliphatic carboxylic acids is 1. The van der Waals surface area contributed by atoms with Crippen LogP contribution < -0.4 is 0 Å². The van der Waals surface area contributed by atoms with Crippen molar-refractivity contribution in [1.82, 2.24) is 0 Å². The first kappa shape index (κ1) is 14.6. The lowest BCUT2D eigenvalue weighted by Crippen LogP contribution is -2.36. The molecule has 0 fully saturated rings. The van der Waals surface area contributed by atoms with Crippen LogP contribution in [0.4, 0.5) is 13.2 Å². The van der Waals surface area contributed by atoms with E-state index in [1.54, 1.807) is 0 Å². The number of halogens is 3. The Morgan fingerprint density at radius 3 is 1.86 bits per heavy atom. The fourth-order valence-electron chi connectivity index (χ4n) is 3.07. The van der Waals surface area contributed by atoms with E-state index in [2.05, 4.69) is 0 Å². The number of carboxylic acid groups (broad SMARTS) is 1. The Bertz CT molecular complexity index is 692. The molecule has 0 bridgehead atoms. The van der Waals surface area contributed by atoms with Crippen LogP contribution in [-0.2, 0) is 29.2 Å². The predicted octanol–water partition coefficient (Wildman–Crippen LogP) is 3.83. The summed E-state index contributed by atoms with van der Waals surface area (Å²) in [6.45, 7) is 0. The molecule has 1 aliphatic carbocycles. The summed E-state index contributed by atoms with van der Waals surface area (Å²) in [5.74, 6) is -1.01. The van der Waals surface area contributed by atoms with Gasteiger partial charge in [-0.25, -0.2) is 0 Å². The van der Waals surface area contributed by atoms with Crippen LogP contribution in [0.3, 0.4) is 0 Å². The number of alkyl halides is 3. The van der Waals surface area contributed by atoms with Crippen LogP contribution in [0.1, 0.15) is 22.3 Å². The third kappa shape index (κ3) is 2.26. The van der Waals surface area contributed by atoms with Crippen LogP contribution in [0.15, 0.2) is 48.5 Å². The Balaban J connectivity index is 2.02. The molecule has 2 aromatic carbocycles. The fourth-order valence-corrected chi connectivity index (χ4v) is 3.07. The van der Waals surface area contributed by atoms with Crippen molar-refractivity contribution < 1.29 is 23.1 Å². The van der Waals surface area contributed by atoms with Crippen molar-refractivity contribution in [1.29, 1.82) is 0 Å². The summed E-state index contributed by atoms with van der Waals surface area (Å²) in [5.41, 5.74) is 0.319. The molecule has 5 heteroatoms. The number of carbonyl (C=O) groups is 1. The third-order valence-electron chi connectivity index (χ3n) is 4.28. The molecule has 0 amide bonds. The second-order valence-electron chi connectivity index (χ2n) is 5.58. The number of benzene rings is 2. The smallest absolute Gasteiger partial charge is 0.416 e. The summed E-state index contributed by atoms with van der Waals surface area (Å²) in [7, 11) is 0. The maximum atomic E-state index is 12.6. The van der Waals surface area contributed by atoms with Gasteiger partial charge in [0.25, 0.3) is 0 Å². The van der Waals surface area contributed by atoms with Crippen molar-refractivity contribution in [2.45, 2.75) is 24.4 Å². The van der Waals surface area contributed by atoms with Crippen molar-refractivity contribution in [3.63, 3.8) is 0 Å². The molecule has 2 nitrogen and oxygen atoms in total. The van der Waals surface area contributed by atoms with Gasteiger partial charge in [0, 0.05) is 0 Å². The first-order valence-electron chi connectivity index (χ1n) is 6.81. The summed E-state index contributed by atoms with van der Waals surface area (Å²) < 4.78 is 37.9. The van der Waals surface area contributed by atoms with Crippen molar-refractivity contribution in [2.75, 3.05) is 0 Å². The van der Waals surface area contributed by atoms with Crippen LogP contribution in [0.25, 0.3) is 0 Å². The number of carboxylic acids is 1. The van der Waals surface area contributed by atoms with Gasteiger partial charge in [-0.1, -0.05) is 36.4 Å². The van der Waals surface area contributed by atoms with E-state index >= 15 is 0 Å². The largest absolute Gasteiger partial charge is 0.481 e. The lowest BCUT2D eigenvalue weighted by atomic mass is 9.77. The normalized spacial score (nSPS) is 16.3. The highest BCUT2D eigenvalue weighted by Gasteiger charge is 2.45. The maximum Gasteiger partial charge on any atom is 0.416 e. The maximum absolute atomic E-state index is 12.6. The lowest BCUT2D eigenvalue weighted by molar-refractivity contribution is -0.143. The first-order valence-corrected chi connectivity index (χ1v) is 6.81. The van der Waals surface area contributed by atoms with Gasteiger partial charge in [0.05, 0.1) is 5.56 Å². The topological polar surface area (TPSA) is 37.3 Å². The van der Waals surface area contributed by atoms with E-state index in [0.717, 1.165) is 23.3 Å². The van der Waals surface area contributed by atoms with Crippen molar-refractivity contribution in [3.8, 4) is 0 Å². The molecule has 0 unspecified atom stereocenters. The monoisotopic (exact) mass is 306 g/mol. The summed E-state index contributed by atoms with van der Waals surface area (Å²) in [4.78, 5) is 11.9. The average Bonchev–Trinajstić information content (AvgIpc) is 2.87. The average molecular weight is 306 g/mol. The van der Waals surface area contributed by atoms with Gasteiger partial charge in [0.2, 0.25) is 0 Å². The molecule has 0 radical (unpaired) electrons. The second-order valence-corrected chi connectivity index (χ2v) is 5.58. The molecule has 0 aromatic heterocycles. The Labute approximate surface area is 125 Å². The zero-order valence-corrected chi connectivity index (χ0v) is 11.5. The van der Waals surface area contributed by atoms with Gasteiger partial charge < -0.3 is 5.11 Å². The molecule has 0 spiro atoms. The zero-order chi connectivity index (χ0) is 16.0. The van der Waals surface area contributed by atoms with Gasteiger partial charge in [-0.2, -0.15) is 13.2 Å². The molecule has 1 aliphatic rings.